The molecular formula is C25H28OSi. The lowest BCUT2D eigenvalue weighted by molar-refractivity contribution is 0.0978. The summed E-state index contributed by atoms with van der Waals surface area (Å²) in [7, 11) is -1.59. The molecule has 0 spiro atoms. The van der Waals surface area contributed by atoms with Gasteiger partial charge >= 0.3 is 0 Å². The van der Waals surface area contributed by atoms with Crippen LogP contribution in [0.2, 0.25) is 19.1 Å². The van der Waals surface area contributed by atoms with E-state index in [2.05, 4.69) is 73.8 Å². The molecule has 3 aromatic rings. The average Bonchev–Trinajstić information content (AvgIpc) is 2.73. The van der Waals surface area contributed by atoms with E-state index in [1.807, 2.05) is 30.3 Å². The van der Waals surface area contributed by atoms with Gasteiger partial charge in [0.2, 0.25) is 0 Å². The van der Waals surface area contributed by atoms with Crippen molar-refractivity contribution < 1.29 is 4.79 Å². The normalized spacial score (nSPS) is 12.5. The number of rotatable bonds is 8. The lowest BCUT2D eigenvalue weighted by atomic mass is 9.93. The molecule has 0 aromatic heterocycles. The first-order valence-corrected chi connectivity index (χ1v) is 13.0. The Hall–Kier alpha value is -2.45. The third-order valence-corrected chi connectivity index (χ3v) is 8.81. The van der Waals surface area contributed by atoms with Gasteiger partial charge in [-0.25, -0.2) is 0 Å². The SMILES string of the molecule is C[Si](C)(CC(CCC(=O)c1ccccc1)c1ccccc1)c1ccccc1. The summed E-state index contributed by atoms with van der Waals surface area (Å²) in [5.74, 6) is 0.663. The summed E-state index contributed by atoms with van der Waals surface area (Å²) in [6.45, 7) is 4.88. The van der Waals surface area contributed by atoms with Gasteiger partial charge in [0.15, 0.2) is 5.78 Å². The van der Waals surface area contributed by atoms with Crippen LogP contribution in [0.3, 0.4) is 0 Å². The largest absolute Gasteiger partial charge is 0.294 e. The van der Waals surface area contributed by atoms with E-state index in [1.54, 1.807) is 0 Å². The van der Waals surface area contributed by atoms with Crippen LogP contribution in [-0.2, 0) is 0 Å². The van der Waals surface area contributed by atoms with E-state index in [0.717, 1.165) is 18.0 Å². The summed E-state index contributed by atoms with van der Waals surface area (Å²) in [5.41, 5.74) is 2.18. The maximum Gasteiger partial charge on any atom is 0.162 e. The number of ketones is 1. The molecule has 27 heavy (non-hydrogen) atoms. The van der Waals surface area contributed by atoms with E-state index in [4.69, 9.17) is 0 Å². The summed E-state index contributed by atoms with van der Waals surface area (Å²) >= 11 is 0. The highest BCUT2D eigenvalue weighted by molar-refractivity contribution is 6.89. The Morgan fingerprint density at radius 1 is 0.778 bits per heavy atom. The Bertz CT molecular complexity index is 841. The molecular weight excluding hydrogens is 344 g/mol. The first-order chi connectivity index (χ1) is 13.1. The average molecular weight is 373 g/mol. The molecule has 2 heteroatoms. The van der Waals surface area contributed by atoms with Gasteiger partial charge < -0.3 is 0 Å². The van der Waals surface area contributed by atoms with Crippen molar-refractivity contribution in [2.24, 2.45) is 0 Å². The predicted molar refractivity (Wildman–Crippen MR) is 118 cm³/mol. The van der Waals surface area contributed by atoms with Crippen molar-refractivity contribution in [2.45, 2.75) is 37.9 Å². The van der Waals surface area contributed by atoms with Gasteiger partial charge in [0.25, 0.3) is 0 Å². The van der Waals surface area contributed by atoms with E-state index >= 15 is 0 Å². The summed E-state index contributed by atoms with van der Waals surface area (Å²) in [6.07, 6.45) is 1.50. The van der Waals surface area contributed by atoms with Crippen LogP contribution in [0.15, 0.2) is 91.0 Å². The zero-order valence-electron chi connectivity index (χ0n) is 16.3. The molecule has 0 amide bonds. The molecule has 3 rings (SSSR count). The Labute approximate surface area is 164 Å². The van der Waals surface area contributed by atoms with Crippen molar-refractivity contribution in [3.05, 3.63) is 102 Å². The molecule has 0 bridgehead atoms. The highest BCUT2D eigenvalue weighted by Crippen LogP contribution is 2.31. The first kappa shape index (κ1) is 19.3. The summed E-state index contributed by atoms with van der Waals surface area (Å²) in [5, 5.41) is 1.49. The van der Waals surface area contributed by atoms with E-state index in [0.29, 0.717) is 12.3 Å². The molecule has 0 fully saturated rings. The molecule has 0 aliphatic heterocycles. The van der Waals surface area contributed by atoms with Crippen LogP contribution in [-0.4, -0.2) is 13.9 Å². The molecule has 0 aliphatic rings. The Morgan fingerprint density at radius 3 is 1.89 bits per heavy atom. The lowest BCUT2D eigenvalue weighted by Crippen LogP contribution is -2.42. The minimum atomic E-state index is -1.59. The fourth-order valence-corrected chi connectivity index (χ4v) is 6.81. The van der Waals surface area contributed by atoms with Gasteiger partial charge in [-0.3, -0.25) is 4.79 Å². The molecule has 0 aliphatic carbocycles. The van der Waals surface area contributed by atoms with Crippen LogP contribution in [0.5, 0.6) is 0 Å². The fraction of sp³-hybridized carbons (Fsp3) is 0.240. The van der Waals surface area contributed by atoms with Crippen molar-refractivity contribution in [1.29, 1.82) is 0 Å². The molecule has 0 saturated carbocycles. The number of carbonyl (C=O) groups excluding carboxylic acids is 1. The maximum absolute atomic E-state index is 12.6. The van der Waals surface area contributed by atoms with Crippen LogP contribution in [0.1, 0.15) is 34.7 Å². The topological polar surface area (TPSA) is 17.1 Å². The zero-order valence-corrected chi connectivity index (χ0v) is 17.3. The smallest absolute Gasteiger partial charge is 0.162 e. The molecule has 0 radical (unpaired) electrons. The molecule has 1 nitrogen and oxygen atoms in total. The molecule has 138 valence electrons. The zero-order chi connectivity index (χ0) is 19.1. The summed E-state index contributed by atoms with van der Waals surface area (Å²) < 4.78 is 0. The van der Waals surface area contributed by atoms with Gasteiger partial charge in [0.05, 0.1) is 8.07 Å². The Kier molecular flexibility index (Phi) is 6.41. The van der Waals surface area contributed by atoms with Crippen molar-refractivity contribution in [3.8, 4) is 0 Å². The highest BCUT2D eigenvalue weighted by atomic mass is 28.3. The Morgan fingerprint density at radius 2 is 1.30 bits per heavy atom. The van der Waals surface area contributed by atoms with Crippen molar-refractivity contribution in [3.63, 3.8) is 0 Å². The van der Waals surface area contributed by atoms with Gasteiger partial charge in [0, 0.05) is 12.0 Å². The minimum absolute atomic E-state index is 0.246. The van der Waals surface area contributed by atoms with Crippen LogP contribution >= 0.6 is 0 Å². The molecule has 1 unspecified atom stereocenters. The lowest BCUT2D eigenvalue weighted by Gasteiger charge is -2.29. The van der Waals surface area contributed by atoms with Crippen molar-refractivity contribution in [1.82, 2.24) is 0 Å². The van der Waals surface area contributed by atoms with Gasteiger partial charge in [-0.15, -0.1) is 0 Å². The molecule has 0 heterocycles. The fourth-order valence-electron chi connectivity index (χ4n) is 3.81. The monoisotopic (exact) mass is 372 g/mol. The van der Waals surface area contributed by atoms with E-state index in [1.165, 1.54) is 10.8 Å². The number of Topliss-reactive ketones (excluding diaryl/α,β-unsaturated/α-hetero) is 1. The van der Waals surface area contributed by atoms with E-state index in [-0.39, 0.29) is 5.78 Å². The van der Waals surface area contributed by atoms with Crippen LogP contribution in [0, 0.1) is 0 Å². The van der Waals surface area contributed by atoms with E-state index < -0.39 is 8.07 Å². The molecule has 3 aromatic carbocycles. The van der Waals surface area contributed by atoms with Crippen LogP contribution in [0.4, 0.5) is 0 Å². The molecule has 1 atom stereocenters. The summed E-state index contributed by atoms with van der Waals surface area (Å²) in [4.78, 5) is 12.6. The number of hydrogen-bond donors (Lipinski definition) is 0. The van der Waals surface area contributed by atoms with Crippen LogP contribution in [0.25, 0.3) is 0 Å². The molecule has 0 N–H and O–H groups in total. The second-order valence-electron chi connectivity index (χ2n) is 7.89. The molecule has 0 saturated heterocycles. The Balaban J connectivity index is 1.77. The quantitative estimate of drug-likeness (QED) is 0.347. The predicted octanol–water partition coefficient (Wildman–Crippen LogP) is 6.05. The standard InChI is InChI=1S/C25H28OSi/c1-27(2,24-16-10-5-11-17-24)20-23(21-12-6-3-7-13-21)18-19-25(26)22-14-8-4-9-15-22/h3-17,23H,18-20H2,1-2H3. The van der Waals surface area contributed by atoms with Crippen LogP contribution < -0.4 is 5.19 Å². The van der Waals surface area contributed by atoms with Gasteiger partial charge in [-0.05, 0) is 23.9 Å². The summed E-state index contributed by atoms with van der Waals surface area (Å²) in [6, 6.07) is 32.4. The van der Waals surface area contributed by atoms with Crippen molar-refractivity contribution >= 4 is 19.0 Å². The van der Waals surface area contributed by atoms with Crippen molar-refractivity contribution in [2.75, 3.05) is 0 Å². The number of hydrogen-bond acceptors (Lipinski definition) is 1. The maximum atomic E-state index is 12.6. The number of benzene rings is 3. The third kappa shape index (κ3) is 5.27. The second-order valence-corrected chi connectivity index (χ2v) is 12.6. The highest BCUT2D eigenvalue weighted by Gasteiger charge is 2.28. The number of carbonyl (C=O) groups is 1. The van der Waals surface area contributed by atoms with E-state index in [9.17, 15) is 4.79 Å². The third-order valence-electron chi connectivity index (χ3n) is 5.40. The minimum Gasteiger partial charge on any atom is -0.294 e. The van der Waals surface area contributed by atoms with Gasteiger partial charge in [-0.1, -0.05) is 109 Å². The van der Waals surface area contributed by atoms with Gasteiger partial charge in [0.1, 0.15) is 0 Å². The second kappa shape index (κ2) is 8.96. The van der Waals surface area contributed by atoms with Gasteiger partial charge in [-0.2, -0.15) is 0 Å². The first-order valence-electron chi connectivity index (χ1n) is 9.75.